The van der Waals surface area contributed by atoms with E-state index in [0.717, 1.165) is 34.7 Å². The van der Waals surface area contributed by atoms with E-state index < -0.39 is 0 Å². The molecule has 4 aromatic rings. The summed E-state index contributed by atoms with van der Waals surface area (Å²) in [7, 11) is 3.91. The first kappa shape index (κ1) is 15.6. The van der Waals surface area contributed by atoms with Crippen LogP contribution in [0.3, 0.4) is 0 Å². The number of nitrogens with zero attached hydrogens (tertiary/aromatic N) is 5. The normalized spacial score (nSPS) is 19.8. The maximum absolute atomic E-state index is 12.6. The van der Waals surface area contributed by atoms with Crippen LogP contribution in [0.15, 0.2) is 47.4 Å². The molecule has 3 aromatic heterocycles. The number of anilines is 1. The van der Waals surface area contributed by atoms with Crippen molar-refractivity contribution in [3.8, 4) is 0 Å². The van der Waals surface area contributed by atoms with Crippen molar-refractivity contribution in [1.29, 1.82) is 0 Å². The van der Waals surface area contributed by atoms with Crippen LogP contribution in [-0.4, -0.2) is 32.2 Å². The zero-order valence-corrected chi connectivity index (χ0v) is 15.5. The highest BCUT2D eigenvalue weighted by molar-refractivity contribution is 7.22. The molecule has 7 heteroatoms. The summed E-state index contributed by atoms with van der Waals surface area (Å²) in [5, 5.41) is 1.04. The minimum absolute atomic E-state index is 0.0183. The lowest BCUT2D eigenvalue weighted by Gasteiger charge is -2.41. The first-order valence-corrected chi connectivity index (χ1v) is 9.55. The molecule has 26 heavy (non-hydrogen) atoms. The smallest absolute Gasteiger partial charge is 0.330 e. The summed E-state index contributed by atoms with van der Waals surface area (Å²) in [5.74, 6) is 0. The molecule has 0 spiro atoms. The van der Waals surface area contributed by atoms with E-state index in [4.69, 9.17) is 4.98 Å². The van der Waals surface area contributed by atoms with E-state index in [0.29, 0.717) is 6.04 Å². The standard InChI is InChI=1S/C19H19N5OS/c1-22(18-21-14-6-3-4-8-16(14)26-18)12-10-13(11-12)24-17-15(7-5-9-20-17)23(2)19(24)25/h3-9,12-13H,10-11H2,1-2H3. The number of thiazole rings is 1. The number of fused-ring (bicyclic) bond motifs is 2. The number of hydrogen-bond acceptors (Lipinski definition) is 5. The zero-order chi connectivity index (χ0) is 17.8. The third kappa shape index (κ3) is 2.20. The molecule has 0 unspecified atom stereocenters. The van der Waals surface area contributed by atoms with Crippen molar-refractivity contribution in [1.82, 2.24) is 19.1 Å². The van der Waals surface area contributed by atoms with Gasteiger partial charge in [-0.1, -0.05) is 23.5 Å². The number of benzene rings is 1. The highest BCUT2D eigenvalue weighted by atomic mass is 32.1. The third-order valence-corrected chi connectivity index (χ3v) is 6.56. The van der Waals surface area contributed by atoms with Crippen LogP contribution in [0.1, 0.15) is 18.9 Å². The molecular weight excluding hydrogens is 346 g/mol. The summed E-state index contributed by atoms with van der Waals surface area (Å²) >= 11 is 1.72. The van der Waals surface area contributed by atoms with Crippen molar-refractivity contribution in [2.24, 2.45) is 7.05 Å². The van der Waals surface area contributed by atoms with Gasteiger partial charge < -0.3 is 4.90 Å². The van der Waals surface area contributed by atoms with Gasteiger partial charge in [0.1, 0.15) is 0 Å². The van der Waals surface area contributed by atoms with Gasteiger partial charge >= 0.3 is 5.69 Å². The Bertz CT molecular complexity index is 1130. The molecule has 0 saturated heterocycles. The highest BCUT2D eigenvalue weighted by Gasteiger charge is 2.36. The maximum atomic E-state index is 12.6. The second-order valence-electron chi connectivity index (χ2n) is 6.91. The van der Waals surface area contributed by atoms with Crippen molar-refractivity contribution in [3.63, 3.8) is 0 Å². The van der Waals surface area contributed by atoms with Gasteiger partial charge in [-0.25, -0.2) is 14.8 Å². The van der Waals surface area contributed by atoms with Crippen LogP contribution in [0.25, 0.3) is 21.4 Å². The van der Waals surface area contributed by atoms with Crippen molar-refractivity contribution >= 4 is 37.8 Å². The van der Waals surface area contributed by atoms with E-state index in [-0.39, 0.29) is 11.7 Å². The molecule has 1 aliphatic rings. The van der Waals surface area contributed by atoms with Gasteiger partial charge in [0.25, 0.3) is 0 Å². The molecule has 1 aromatic carbocycles. The number of pyridine rings is 1. The van der Waals surface area contributed by atoms with Crippen LogP contribution in [0.4, 0.5) is 5.13 Å². The van der Waals surface area contributed by atoms with Crippen LogP contribution in [0.2, 0.25) is 0 Å². The average Bonchev–Trinajstić information content (AvgIpc) is 3.16. The van der Waals surface area contributed by atoms with Crippen molar-refractivity contribution in [2.45, 2.75) is 24.9 Å². The number of aromatic nitrogens is 4. The summed E-state index contributed by atoms with van der Waals surface area (Å²) in [6.07, 6.45) is 3.62. The third-order valence-electron chi connectivity index (χ3n) is 5.43. The van der Waals surface area contributed by atoms with Crippen LogP contribution >= 0.6 is 11.3 Å². The van der Waals surface area contributed by atoms with E-state index in [1.165, 1.54) is 4.70 Å². The molecule has 3 heterocycles. The Balaban J connectivity index is 1.41. The van der Waals surface area contributed by atoms with Gasteiger partial charge in [0, 0.05) is 32.4 Å². The van der Waals surface area contributed by atoms with E-state index in [1.54, 1.807) is 22.1 Å². The minimum Gasteiger partial charge on any atom is -0.348 e. The first-order chi connectivity index (χ1) is 12.6. The number of para-hydroxylation sites is 1. The van der Waals surface area contributed by atoms with Gasteiger partial charge in [-0.3, -0.25) is 9.13 Å². The maximum Gasteiger partial charge on any atom is 0.330 e. The molecule has 132 valence electrons. The second kappa shape index (κ2) is 5.67. The molecule has 0 N–H and O–H groups in total. The number of imidazole rings is 1. The fraction of sp³-hybridized carbons (Fsp3) is 0.316. The van der Waals surface area contributed by atoms with Crippen LogP contribution in [0, 0.1) is 0 Å². The SMILES string of the molecule is CN(c1nc2ccccc2s1)C1CC(n2c(=O)n(C)c3cccnc32)C1. The van der Waals surface area contributed by atoms with Crippen molar-refractivity contribution in [3.05, 3.63) is 53.1 Å². The molecule has 0 bridgehead atoms. The van der Waals surface area contributed by atoms with Gasteiger partial charge in [0.2, 0.25) is 0 Å². The number of hydrogen-bond donors (Lipinski definition) is 0. The Morgan fingerprint density at radius 1 is 1.19 bits per heavy atom. The van der Waals surface area contributed by atoms with E-state index in [1.807, 2.05) is 41.9 Å². The molecule has 0 amide bonds. The predicted molar refractivity (Wildman–Crippen MR) is 105 cm³/mol. The number of rotatable bonds is 3. The van der Waals surface area contributed by atoms with Gasteiger partial charge in [-0.2, -0.15) is 0 Å². The monoisotopic (exact) mass is 365 g/mol. The Labute approximate surface area is 154 Å². The van der Waals surface area contributed by atoms with Crippen LogP contribution < -0.4 is 10.6 Å². The molecule has 0 aliphatic heterocycles. The summed E-state index contributed by atoms with van der Waals surface area (Å²) in [6.45, 7) is 0. The average molecular weight is 365 g/mol. The minimum atomic E-state index is 0.0183. The quantitative estimate of drug-likeness (QED) is 0.559. The lowest BCUT2D eigenvalue weighted by Crippen LogP contribution is -2.45. The molecule has 1 aliphatic carbocycles. The van der Waals surface area contributed by atoms with Crippen molar-refractivity contribution < 1.29 is 0 Å². The van der Waals surface area contributed by atoms with E-state index in [2.05, 4.69) is 23.0 Å². The van der Waals surface area contributed by atoms with Crippen LogP contribution in [-0.2, 0) is 7.05 Å². The van der Waals surface area contributed by atoms with Crippen molar-refractivity contribution in [2.75, 3.05) is 11.9 Å². The summed E-state index contributed by atoms with van der Waals surface area (Å²) < 4.78 is 4.75. The first-order valence-electron chi connectivity index (χ1n) is 8.74. The predicted octanol–water partition coefficient (Wildman–Crippen LogP) is 3.18. The fourth-order valence-electron chi connectivity index (χ4n) is 3.77. The topological polar surface area (TPSA) is 56.0 Å². The van der Waals surface area contributed by atoms with Gasteiger partial charge in [0.05, 0.1) is 15.7 Å². The van der Waals surface area contributed by atoms with Gasteiger partial charge in [-0.15, -0.1) is 0 Å². The Hall–Kier alpha value is -2.67. The Morgan fingerprint density at radius 2 is 2.00 bits per heavy atom. The molecule has 1 fully saturated rings. The van der Waals surface area contributed by atoms with Gasteiger partial charge in [0.15, 0.2) is 10.8 Å². The summed E-state index contributed by atoms with van der Waals surface area (Å²) in [6, 6.07) is 12.6. The Kier molecular flexibility index (Phi) is 3.40. The molecule has 1 saturated carbocycles. The summed E-state index contributed by atoms with van der Waals surface area (Å²) in [5.41, 5.74) is 2.74. The fourth-order valence-corrected chi connectivity index (χ4v) is 4.77. The van der Waals surface area contributed by atoms with E-state index in [9.17, 15) is 4.79 Å². The largest absolute Gasteiger partial charge is 0.348 e. The highest BCUT2D eigenvalue weighted by Crippen LogP contribution is 2.39. The Morgan fingerprint density at radius 3 is 2.81 bits per heavy atom. The second-order valence-corrected chi connectivity index (χ2v) is 7.92. The molecule has 6 nitrogen and oxygen atoms in total. The molecule has 5 rings (SSSR count). The van der Waals surface area contributed by atoms with Gasteiger partial charge in [-0.05, 0) is 37.1 Å². The molecule has 0 radical (unpaired) electrons. The zero-order valence-electron chi connectivity index (χ0n) is 14.7. The van der Waals surface area contributed by atoms with E-state index >= 15 is 0 Å². The molecule has 0 atom stereocenters. The van der Waals surface area contributed by atoms with Crippen LogP contribution in [0.5, 0.6) is 0 Å². The summed E-state index contributed by atoms with van der Waals surface area (Å²) in [4.78, 5) is 24.1. The number of aryl methyl sites for hydroxylation is 1. The lowest BCUT2D eigenvalue weighted by molar-refractivity contribution is 0.257. The lowest BCUT2D eigenvalue weighted by atomic mass is 9.85. The molecular formula is C19H19N5OS.